The highest BCUT2D eigenvalue weighted by Gasteiger charge is 2.39. The van der Waals surface area contributed by atoms with E-state index in [0.717, 1.165) is 24.3 Å². The number of carbonyl (C=O) groups excluding carboxylic acids is 2. The molecule has 2 fully saturated rings. The zero-order valence-corrected chi connectivity index (χ0v) is 21.9. The predicted octanol–water partition coefficient (Wildman–Crippen LogP) is 4.66. The van der Waals surface area contributed by atoms with Crippen molar-refractivity contribution < 1.29 is 36.6 Å². The predicted molar refractivity (Wildman–Crippen MR) is 138 cm³/mol. The van der Waals surface area contributed by atoms with E-state index in [2.05, 4.69) is 21.3 Å². The van der Waals surface area contributed by atoms with Crippen molar-refractivity contribution in [2.45, 2.75) is 56.8 Å². The van der Waals surface area contributed by atoms with Crippen LogP contribution in [-0.4, -0.2) is 42.1 Å². The number of aliphatic hydroxyl groups is 1. The van der Waals surface area contributed by atoms with E-state index in [0.29, 0.717) is 45.3 Å². The van der Waals surface area contributed by atoms with Crippen molar-refractivity contribution in [3.05, 3.63) is 76.1 Å². The molecular formula is C28H31F5N4O3. The number of nitrogens with one attached hydrogen (secondary N) is 4. The molecule has 0 aromatic heterocycles. The van der Waals surface area contributed by atoms with E-state index in [1.165, 1.54) is 12.1 Å². The van der Waals surface area contributed by atoms with Gasteiger partial charge in [0.25, 0.3) is 11.8 Å². The smallest absolute Gasteiger partial charge is 0.416 e. The van der Waals surface area contributed by atoms with Crippen molar-refractivity contribution >= 4 is 17.5 Å². The lowest BCUT2D eigenvalue weighted by atomic mass is 9.87. The van der Waals surface area contributed by atoms with Crippen LogP contribution >= 0.6 is 0 Å². The van der Waals surface area contributed by atoms with Crippen LogP contribution in [0.25, 0.3) is 0 Å². The van der Waals surface area contributed by atoms with Crippen LogP contribution in [0.5, 0.6) is 0 Å². The molecule has 0 aliphatic carbocycles. The lowest BCUT2D eigenvalue weighted by Gasteiger charge is -2.27. The Kier molecular flexibility index (Phi) is 8.79. The highest BCUT2D eigenvalue weighted by atomic mass is 19.4. The van der Waals surface area contributed by atoms with Crippen LogP contribution in [0.4, 0.5) is 27.6 Å². The maximum Gasteiger partial charge on any atom is 0.416 e. The number of piperidine rings is 1. The number of rotatable bonds is 7. The molecule has 12 heteroatoms. The topological polar surface area (TPSA) is 102 Å². The Morgan fingerprint density at radius 3 is 2.45 bits per heavy atom. The van der Waals surface area contributed by atoms with Crippen LogP contribution in [-0.2, 0) is 22.3 Å². The van der Waals surface area contributed by atoms with Crippen molar-refractivity contribution in [1.29, 1.82) is 0 Å². The van der Waals surface area contributed by atoms with Gasteiger partial charge in [0.05, 0.1) is 11.1 Å². The van der Waals surface area contributed by atoms with Gasteiger partial charge < -0.3 is 26.4 Å². The molecule has 2 aliphatic rings. The van der Waals surface area contributed by atoms with Gasteiger partial charge in [-0.05, 0) is 88.0 Å². The minimum Gasteiger partial charge on any atom is -0.509 e. The molecule has 2 heterocycles. The Morgan fingerprint density at radius 2 is 1.80 bits per heavy atom. The molecule has 2 saturated heterocycles. The first kappa shape index (κ1) is 29.5. The van der Waals surface area contributed by atoms with Crippen molar-refractivity contribution in [2.24, 2.45) is 0 Å². The van der Waals surface area contributed by atoms with Gasteiger partial charge in [0.1, 0.15) is 11.3 Å². The summed E-state index contributed by atoms with van der Waals surface area (Å²) in [6, 6.07) is 6.42. The second-order valence-electron chi connectivity index (χ2n) is 10.3. The molecule has 40 heavy (non-hydrogen) atoms. The molecule has 0 saturated carbocycles. The summed E-state index contributed by atoms with van der Waals surface area (Å²) in [6.45, 7) is 2.83. The maximum absolute atomic E-state index is 14.1. The fourth-order valence-corrected chi connectivity index (χ4v) is 5.15. The van der Waals surface area contributed by atoms with Crippen LogP contribution in [0.1, 0.15) is 55.2 Å². The second-order valence-corrected chi connectivity index (χ2v) is 10.3. The number of anilines is 1. The van der Waals surface area contributed by atoms with Gasteiger partial charge in [-0.25, -0.2) is 8.78 Å². The van der Waals surface area contributed by atoms with Gasteiger partial charge in [0.15, 0.2) is 11.6 Å². The van der Waals surface area contributed by atoms with E-state index in [1.54, 1.807) is 6.92 Å². The van der Waals surface area contributed by atoms with Crippen LogP contribution in [0.15, 0.2) is 47.7 Å². The third kappa shape index (κ3) is 6.44. The fraction of sp³-hybridized carbons (Fsp3) is 0.429. The van der Waals surface area contributed by atoms with Crippen molar-refractivity contribution in [3.8, 4) is 0 Å². The quantitative estimate of drug-likeness (QED) is 0.110. The minimum atomic E-state index is -4.59. The van der Waals surface area contributed by atoms with Crippen LogP contribution < -0.4 is 21.3 Å². The van der Waals surface area contributed by atoms with Crippen LogP contribution in [0.2, 0.25) is 0 Å². The first-order chi connectivity index (χ1) is 18.9. The standard InChI is InChI=1S/C28H31F5N4O3/c1-27(10-3-11-36-27)24(38)22(25(39)35-15-17-4-2-5-20(29)23(17)30)26(40)37-21-7-6-18(28(31,32)33)14-19(21)16-8-12-34-13-9-16/h2,4-7,14,16,34,36,38H,3,8-13,15H2,1H3,(H,35,39)(H,37,40)/b24-22-/t27-/m1/s1. The summed E-state index contributed by atoms with van der Waals surface area (Å²) in [5.41, 5.74) is -2.47. The van der Waals surface area contributed by atoms with Crippen LogP contribution in [0.3, 0.4) is 0 Å². The summed E-state index contributed by atoms with van der Waals surface area (Å²) in [5, 5.41) is 22.3. The molecule has 0 unspecified atom stereocenters. The monoisotopic (exact) mass is 566 g/mol. The second kappa shape index (κ2) is 11.9. The van der Waals surface area contributed by atoms with Gasteiger partial charge in [-0.15, -0.1) is 0 Å². The van der Waals surface area contributed by atoms with Gasteiger partial charge >= 0.3 is 6.18 Å². The molecule has 2 aromatic carbocycles. The molecule has 2 amide bonds. The minimum absolute atomic E-state index is 0.0868. The summed E-state index contributed by atoms with van der Waals surface area (Å²) in [6.07, 6.45) is -2.45. The first-order valence-corrected chi connectivity index (χ1v) is 13.0. The Hall–Kier alpha value is -3.51. The van der Waals surface area contributed by atoms with E-state index >= 15 is 0 Å². The average molecular weight is 567 g/mol. The molecule has 2 aromatic rings. The van der Waals surface area contributed by atoms with Crippen LogP contribution in [0, 0.1) is 11.6 Å². The van der Waals surface area contributed by atoms with Gasteiger partial charge in [-0.3, -0.25) is 9.59 Å². The summed E-state index contributed by atoms with van der Waals surface area (Å²) in [4.78, 5) is 26.8. The lowest BCUT2D eigenvalue weighted by molar-refractivity contribution is -0.137. The Morgan fingerprint density at radius 1 is 1.07 bits per heavy atom. The number of alkyl halides is 3. The van der Waals surface area contributed by atoms with E-state index < -0.39 is 58.6 Å². The van der Waals surface area contributed by atoms with Crippen molar-refractivity contribution in [1.82, 2.24) is 16.0 Å². The number of aliphatic hydroxyl groups excluding tert-OH is 1. The number of hydrogen-bond donors (Lipinski definition) is 5. The van der Waals surface area contributed by atoms with E-state index in [1.807, 2.05) is 0 Å². The number of halogens is 5. The number of hydrogen-bond acceptors (Lipinski definition) is 5. The Balaban J connectivity index is 1.67. The number of amides is 2. The number of benzene rings is 2. The highest BCUT2D eigenvalue weighted by molar-refractivity contribution is 6.23. The zero-order chi connectivity index (χ0) is 29.1. The third-order valence-electron chi connectivity index (χ3n) is 7.46. The van der Waals surface area contributed by atoms with Gasteiger partial charge in [-0.2, -0.15) is 13.2 Å². The molecule has 2 aliphatic heterocycles. The summed E-state index contributed by atoms with van der Waals surface area (Å²) < 4.78 is 68.3. The maximum atomic E-state index is 14.1. The van der Waals surface area contributed by atoms with E-state index in [4.69, 9.17) is 0 Å². The van der Waals surface area contributed by atoms with E-state index in [-0.39, 0.29) is 22.7 Å². The zero-order valence-electron chi connectivity index (χ0n) is 21.9. The highest BCUT2D eigenvalue weighted by Crippen LogP contribution is 2.37. The lowest BCUT2D eigenvalue weighted by Crippen LogP contribution is -2.43. The summed E-state index contributed by atoms with van der Waals surface area (Å²) >= 11 is 0. The third-order valence-corrected chi connectivity index (χ3v) is 7.46. The molecule has 5 N–H and O–H groups in total. The molecule has 0 spiro atoms. The average Bonchev–Trinajstić information content (AvgIpc) is 3.37. The van der Waals surface area contributed by atoms with E-state index in [9.17, 15) is 36.6 Å². The Bertz CT molecular complexity index is 1300. The number of carbonyl (C=O) groups is 2. The van der Waals surface area contributed by atoms with Gasteiger partial charge in [-0.1, -0.05) is 12.1 Å². The van der Waals surface area contributed by atoms with Crippen molar-refractivity contribution in [3.63, 3.8) is 0 Å². The molecule has 0 bridgehead atoms. The molecule has 0 radical (unpaired) electrons. The normalized spacial score (nSPS) is 20.6. The molecular weight excluding hydrogens is 535 g/mol. The van der Waals surface area contributed by atoms with Gasteiger partial charge in [0.2, 0.25) is 0 Å². The summed E-state index contributed by atoms with van der Waals surface area (Å²) in [5.74, 6) is -5.21. The largest absolute Gasteiger partial charge is 0.509 e. The van der Waals surface area contributed by atoms with Gasteiger partial charge in [0, 0.05) is 17.8 Å². The summed E-state index contributed by atoms with van der Waals surface area (Å²) in [7, 11) is 0. The molecule has 4 rings (SSSR count). The first-order valence-electron chi connectivity index (χ1n) is 13.0. The molecule has 216 valence electrons. The molecule has 1 atom stereocenters. The Labute approximate surface area is 228 Å². The SMILES string of the molecule is C[C@]1(/C(O)=C(\C(=O)NCc2cccc(F)c2F)C(=O)Nc2ccc(C(F)(F)F)cc2C2CCNCC2)CCCN1. The fourth-order valence-electron chi connectivity index (χ4n) is 5.15. The molecule has 7 nitrogen and oxygen atoms in total. The van der Waals surface area contributed by atoms with Crippen molar-refractivity contribution in [2.75, 3.05) is 25.0 Å².